The number of nitrogens with zero attached hydrogens (tertiary/aromatic N) is 3. The minimum Gasteiger partial charge on any atom is -0.357 e. The second-order valence-electron chi connectivity index (χ2n) is 6.37. The summed E-state index contributed by atoms with van der Waals surface area (Å²) in [4.78, 5) is 4.71. The fourth-order valence-electron chi connectivity index (χ4n) is 3.56. The molecule has 1 aromatic rings. The highest BCUT2D eigenvalue weighted by atomic mass is 16.5. The summed E-state index contributed by atoms with van der Waals surface area (Å²) in [5, 5.41) is 12.9. The Kier molecular flexibility index (Phi) is 5.73. The Morgan fingerprint density at radius 1 is 1.38 bits per heavy atom. The molecular weight excluding hydrogens is 300 g/mol. The summed E-state index contributed by atoms with van der Waals surface area (Å²) in [5.74, 6) is 1.25. The van der Waals surface area contributed by atoms with Crippen LogP contribution in [0.1, 0.15) is 30.9 Å². The van der Waals surface area contributed by atoms with Crippen LogP contribution in [0.2, 0.25) is 0 Å². The van der Waals surface area contributed by atoms with E-state index in [1.165, 1.54) is 18.7 Å². The van der Waals surface area contributed by atoms with Crippen LogP contribution < -0.4 is 5.32 Å². The van der Waals surface area contributed by atoms with Crippen molar-refractivity contribution in [3.05, 3.63) is 47.3 Å². The SMILES string of the molecule is CCNC1CCCN(C2=CCOCN2Cc2ccccc2C#N)C1. The lowest BCUT2D eigenvalue weighted by Gasteiger charge is -2.42. The zero-order chi connectivity index (χ0) is 16.8. The number of piperidine rings is 1. The lowest BCUT2D eigenvalue weighted by Crippen LogP contribution is -2.49. The van der Waals surface area contributed by atoms with Crippen molar-refractivity contribution < 1.29 is 4.74 Å². The molecule has 0 saturated carbocycles. The molecule has 1 atom stereocenters. The Hall–Kier alpha value is -2.03. The van der Waals surface area contributed by atoms with E-state index in [2.05, 4.69) is 34.2 Å². The van der Waals surface area contributed by atoms with Crippen molar-refractivity contribution in [2.24, 2.45) is 0 Å². The molecule has 0 aliphatic carbocycles. The Bertz CT molecular complexity index is 620. The van der Waals surface area contributed by atoms with Gasteiger partial charge in [0, 0.05) is 25.7 Å². The number of hydrogen-bond acceptors (Lipinski definition) is 5. The second-order valence-corrected chi connectivity index (χ2v) is 6.37. The van der Waals surface area contributed by atoms with E-state index in [-0.39, 0.29) is 0 Å². The summed E-state index contributed by atoms with van der Waals surface area (Å²) >= 11 is 0. The minimum absolute atomic E-state index is 0.556. The summed E-state index contributed by atoms with van der Waals surface area (Å²) in [6.07, 6.45) is 4.62. The van der Waals surface area contributed by atoms with E-state index in [1.54, 1.807) is 0 Å². The third kappa shape index (κ3) is 3.89. The van der Waals surface area contributed by atoms with Gasteiger partial charge >= 0.3 is 0 Å². The van der Waals surface area contributed by atoms with Crippen molar-refractivity contribution in [1.29, 1.82) is 5.26 Å². The largest absolute Gasteiger partial charge is 0.357 e. The van der Waals surface area contributed by atoms with E-state index < -0.39 is 0 Å². The van der Waals surface area contributed by atoms with E-state index in [0.29, 0.717) is 25.9 Å². The van der Waals surface area contributed by atoms with Crippen LogP contribution >= 0.6 is 0 Å². The van der Waals surface area contributed by atoms with Gasteiger partial charge in [-0.25, -0.2) is 0 Å². The number of rotatable bonds is 5. The molecule has 0 aromatic heterocycles. The molecule has 5 nitrogen and oxygen atoms in total. The van der Waals surface area contributed by atoms with Crippen molar-refractivity contribution in [2.75, 3.05) is 33.0 Å². The van der Waals surface area contributed by atoms with Gasteiger partial charge in [-0.2, -0.15) is 5.26 Å². The highest BCUT2D eigenvalue weighted by Gasteiger charge is 2.26. The number of nitrogens with one attached hydrogen (secondary N) is 1. The molecule has 5 heteroatoms. The molecule has 0 amide bonds. The van der Waals surface area contributed by atoms with Crippen LogP contribution in [0.5, 0.6) is 0 Å². The smallest absolute Gasteiger partial charge is 0.120 e. The first-order chi connectivity index (χ1) is 11.8. The van der Waals surface area contributed by atoms with Gasteiger partial charge in [-0.1, -0.05) is 25.1 Å². The van der Waals surface area contributed by atoms with Crippen LogP contribution in [-0.4, -0.2) is 48.8 Å². The third-order valence-corrected chi connectivity index (χ3v) is 4.69. The maximum Gasteiger partial charge on any atom is 0.120 e. The van der Waals surface area contributed by atoms with Crippen LogP contribution in [0.3, 0.4) is 0 Å². The molecule has 3 rings (SSSR count). The molecule has 128 valence electrons. The first kappa shape index (κ1) is 16.8. The summed E-state index contributed by atoms with van der Waals surface area (Å²) in [6, 6.07) is 10.7. The number of ether oxygens (including phenoxy) is 1. The Morgan fingerprint density at radius 3 is 3.08 bits per heavy atom. The first-order valence-corrected chi connectivity index (χ1v) is 8.81. The number of likely N-dealkylation sites (N-methyl/N-ethyl adjacent to an activating group) is 1. The van der Waals surface area contributed by atoms with Gasteiger partial charge in [-0.3, -0.25) is 0 Å². The van der Waals surface area contributed by atoms with Crippen LogP contribution in [0.15, 0.2) is 36.2 Å². The summed E-state index contributed by atoms with van der Waals surface area (Å²) in [7, 11) is 0. The first-order valence-electron chi connectivity index (χ1n) is 8.81. The highest BCUT2D eigenvalue weighted by Crippen LogP contribution is 2.23. The van der Waals surface area contributed by atoms with Crippen LogP contribution in [0, 0.1) is 11.3 Å². The van der Waals surface area contributed by atoms with E-state index >= 15 is 0 Å². The van der Waals surface area contributed by atoms with Gasteiger partial charge in [0.15, 0.2) is 0 Å². The van der Waals surface area contributed by atoms with E-state index in [4.69, 9.17) is 4.74 Å². The number of likely N-dealkylation sites (tertiary alicyclic amines) is 1. The average Bonchev–Trinajstić information content (AvgIpc) is 2.63. The van der Waals surface area contributed by atoms with Crippen LogP contribution in [0.25, 0.3) is 0 Å². The average molecular weight is 326 g/mol. The number of hydrogen-bond donors (Lipinski definition) is 1. The van der Waals surface area contributed by atoms with Crippen molar-refractivity contribution in [3.8, 4) is 6.07 Å². The molecule has 0 bridgehead atoms. The van der Waals surface area contributed by atoms with Gasteiger partial charge in [0.05, 0.1) is 18.2 Å². The lowest BCUT2D eigenvalue weighted by molar-refractivity contribution is 0.0119. The van der Waals surface area contributed by atoms with Crippen LogP contribution in [0.4, 0.5) is 0 Å². The molecule has 1 N–H and O–H groups in total. The zero-order valence-corrected chi connectivity index (χ0v) is 14.4. The summed E-state index contributed by atoms with van der Waals surface area (Å²) in [6.45, 7) is 7.25. The van der Waals surface area contributed by atoms with E-state index in [1.807, 2.05) is 24.3 Å². The standard InChI is InChI=1S/C19H26N4O/c1-2-21-18-8-5-10-22(14-18)19-9-11-24-15-23(19)13-17-7-4-3-6-16(17)12-20/h3-4,6-7,9,18,21H,2,5,8,10-11,13-15H2,1H3. The number of benzene rings is 1. The Labute approximate surface area is 144 Å². The predicted octanol–water partition coefficient (Wildman–Crippen LogP) is 2.26. The predicted molar refractivity (Wildman–Crippen MR) is 93.9 cm³/mol. The fraction of sp³-hybridized carbons (Fsp3) is 0.526. The fourth-order valence-corrected chi connectivity index (χ4v) is 3.56. The maximum atomic E-state index is 9.32. The van der Waals surface area contributed by atoms with Gasteiger partial charge in [0.2, 0.25) is 0 Å². The topological polar surface area (TPSA) is 51.5 Å². The van der Waals surface area contributed by atoms with E-state index in [9.17, 15) is 5.26 Å². The highest BCUT2D eigenvalue weighted by molar-refractivity contribution is 5.37. The normalized spacial score (nSPS) is 21.3. The quantitative estimate of drug-likeness (QED) is 0.899. The monoisotopic (exact) mass is 326 g/mol. The van der Waals surface area contributed by atoms with Crippen molar-refractivity contribution in [1.82, 2.24) is 15.1 Å². The van der Waals surface area contributed by atoms with Gasteiger partial charge < -0.3 is 19.9 Å². The maximum absolute atomic E-state index is 9.32. The zero-order valence-electron chi connectivity index (χ0n) is 14.4. The van der Waals surface area contributed by atoms with Gasteiger partial charge in [-0.05, 0) is 37.1 Å². The molecular formula is C19H26N4O. The molecule has 24 heavy (non-hydrogen) atoms. The Morgan fingerprint density at radius 2 is 2.25 bits per heavy atom. The molecule has 2 aliphatic rings. The minimum atomic E-state index is 0.556. The molecule has 2 aliphatic heterocycles. The molecule has 0 radical (unpaired) electrons. The van der Waals surface area contributed by atoms with Crippen LogP contribution in [-0.2, 0) is 11.3 Å². The Balaban J connectivity index is 1.74. The van der Waals surface area contributed by atoms with Gasteiger partial charge in [0.1, 0.15) is 12.6 Å². The third-order valence-electron chi connectivity index (χ3n) is 4.69. The lowest BCUT2D eigenvalue weighted by atomic mass is 10.1. The van der Waals surface area contributed by atoms with Gasteiger partial charge in [0.25, 0.3) is 0 Å². The molecule has 1 saturated heterocycles. The molecule has 0 spiro atoms. The molecule has 2 heterocycles. The summed E-state index contributed by atoms with van der Waals surface area (Å²) < 4.78 is 5.65. The summed E-state index contributed by atoms with van der Waals surface area (Å²) in [5.41, 5.74) is 1.79. The second kappa shape index (κ2) is 8.18. The molecule has 1 aromatic carbocycles. The van der Waals surface area contributed by atoms with Crippen molar-refractivity contribution in [3.63, 3.8) is 0 Å². The molecule has 1 unspecified atom stereocenters. The number of nitriles is 1. The molecule has 1 fully saturated rings. The van der Waals surface area contributed by atoms with Crippen molar-refractivity contribution in [2.45, 2.75) is 32.4 Å². The van der Waals surface area contributed by atoms with Crippen molar-refractivity contribution >= 4 is 0 Å². The van der Waals surface area contributed by atoms with Gasteiger partial charge in [-0.15, -0.1) is 0 Å². The van der Waals surface area contributed by atoms with E-state index in [0.717, 1.165) is 30.8 Å².